The number of hydrogen-bond donors (Lipinski definition) is 1. The Kier molecular flexibility index (Phi) is 5.33. The molecule has 29 heavy (non-hydrogen) atoms. The topological polar surface area (TPSA) is 73.4 Å². The van der Waals surface area contributed by atoms with E-state index in [2.05, 4.69) is 6.58 Å². The number of hydrogen-bond acceptors (Lipinski definition) is 4. The Morgan fingerprint density at radius 3 is 2.59 bits per heavy atom. The lowest BCUT2D eigenvalue weighted by Crippen LogP contribution is -2.40. The van der Waals surface area contributed by atoms with Gasteiger partial charge in [0, 0.05) is 24.7 Å². The molecule has 1 saturated heterocycles. The number of nitrogen functional groups attached to an aromatic ring is 1. The van der Waals surface area contributed by atoms with Gasteiger partial charge in [0.15, 0.2) is 0 Å². The van der Waals surface area contributed by atoms with Crippen molar-refractivity contribution in [2.24, 2.45) is 0 Å². The van der Waals surface area contributed by atoms with E-state index in [4.69, 9.17) is 15.6 Å². The van der Waals surface area contributed by atoms with E-state index < -0.39 is 0 Å². The Morgan fingerprint density at radius 1 is 1.14 bits per heavy atom. The van der Waals surface area contributed by atoms with Crippen LogP contribution in [0.1, 0.15) is 18.9 Å². The van der Waals surface area contributed by atoms with E-state index in [0.29, 0.717) is 12.4 Å². The number of ether oxygens (including phenoxy) is 1. The van der Waals surface area contributed by atoms with Crippen molar-refractivity contribution >= 4 is 11.7 Å². The van der Waals surface area contributed by atoms with Gasteiger partial charge in [-0.25, -0.2) is 4.68 Å². The Bertz CT molecular complexity index is 995. The third kappa shape index (κ3) is 4.16. The summed E-state index contributed by atoms with van der Waals surface area (Å²) in [5, 5.41) is 4.72. The van der Waals surface area contributed by atoms with Gasteiger partial charge in [-0.2, -0.15) is 5.10 Å². The minimum atomic E-state index is -0.0466. The highest BCUT2D eigenvalue weighted by molar-refractivity contribution is 5.87. The third-order valence-electron chi connectivity index (χ3n) is 5.12. The monoisotopic (exact) mass is 388 g/mol. The fourth-order valence-electron chi connectivity index (χ4n) is 3.64. The predicted molar refractivity (Wildman–Crippen MR) is 114 cm³/mol. The Labute approximate surface area is 170 Å². The smallest absolute Gasteiger partial charge is 0.246 e. The molecule has 0 radical (unpaired) electrons. The van der Waals surface area contributed by atoms with Gasteiger partial charge in [0.1, 0.15) is 17.3 Å². The van der Waals surface area contributed by atoms with E-state index in [1.807, 2.05) is 65.3 Å². The molecule has 0 saturated carbocycles. The van der Waals surface area contributed by atoms with Crippen molar-refractivity contribution in [2.75, 3.05) is 18.8 Å². The van der Waals surface area contributed by atoms with Crippen molar-refractivity contribution in [3.05, 3.63) is 73.3 Å². The quantitative estimate of drug-likeness (QED) is 0.662. The minimum Gasteiger partial charge on any atom is -0.457 e. The van der Waals surface area contributed by atoms with E-state index in [9.17, 15) is 4.79 Å². The molecule has 1 aliphatic rings. The molecule has 1 unspecified atom stereocenters. The fraction of sp³-hybridized carbons (Fsp3) is 0.217. The lowest BCUT2D eigenvalue weighted by Gasteiger charge is -2.32. The number of nitrogens with zero attached hydrogens (tertiary/aromatic N) is 3. The highest BCUT2D eigenvalue weighted by Crippen LogP contribution is 2.29. The first kappa shape index (κ1) is 18.8. The van der Waals surface area contributed by atoms with Crippen LogP contribution in [0.15, 0.2) is 73.3 Å². The van der Waals surface area contributed by atoms with Crippen LogP contribution in [0.3, 0.4) is 0 Å². The van der Waals surface area contributed by atoms with Crippen LogP contribution >= 0.6 is 0 Å². The molecule has 6 nitrogen and oxygen atoms in total. The number of benzene rings is 2. The molecule has 0 aliphatic carbocycles. The van der Waals surface area contributed by atoms with E-state index in [1.54, 1.807) is 4.90 Å². The van der Waals surface area contributed by atoms with Gasteiger partial charge in [0.25, 0.3) is 0 Å². The largest absolute Gasteiger partial charge is 0.457 e. The molecular formula is C23H24N4O2. The molecule has 1 amide bonds. The molecule has 1 aliphatic heterocycles. The number of anilines is 1. The van der Waals surface area contributed by atoms with Crippen LogP contribution in [-0.2, 0) is 4.79 Å². The molecule has 1 fully saturated rings. The first-order valence-corrected chi connectivity index (χ1v) is 9.74. The summed E-state index contributed by atoms with van der Waals surface area (Å²) in [5.74, 6) is 2.11. The van der Waals surface area contributed by atoms with Gasteiger partial charge in [-0.05, 0) is 55.3 Å². The Balaban J connectivity index is 1.50. The molecule has 2 N–H and O–H groups in total. The van der Waals surface area contributed by atoms with Crippen molar-refractivity contribution in [2.45, 2.75) is 18.9 Å². The van der Waals surface area contributed by atoms with Crippen molar-refractivity contribution < 1.29 is 9.53 Å². The maximum absolute atomic E-state index is 12.0. The van der Waals surface area contributed by atoms with Gasteiger partial charge in [0.05, 0.1) is 11.7 Å². The van der Waals surface area contributed by atoms with Crippen LogP contribution < -0.4 is 10.5 Å². The maximum Gasteiger partial charge on any atom is 0.246 e. The first-order chi connectivity index (χ1) is 14.1. The van der Waals surface area contributed by atoms with Crippen LogP contribution in [0, 0.1) is 0 Å². The van der Waals surface area contributed by atoms with Crippen LogP contribution in [0.25, 0.3) is 11.3 Å². The summed E-state index contributed by atoms with van der Waals surface area (Å²) < 4.78 is 7.68. The van der Waals surface area contributed by atoms with Gasteiger partial charge < -0.3 is 15.4 Å². The zero-order valence-electron chi connectivity index (χ0n) is 16.2. The Hall–Kier alpha value is -3.54. The van der Waals surface area contributed by atoms with Crippen LogP contribution in [0.2, 0.25) is 0 Å². The lowest BCUT2D eigenvalue weighted by molar-refractivity contribution is -0.127. The van der Waals surface area contributed by atoms with E-state index in [-0.39, 0.29) is 11.9 Å². The average Bonchev–Trinajstić information content (AvgIpc) is 3.16. The minimum absolute atomic E-state index is 0.0466. The summed E-state index contributed by atoms with van der Waals surface area (Å²) in [5.41, 5.74) is 8.02. The molecule has 0 spiro atoms. The second-order valence-corrected chi connectivity index (χ2v) is 7.12. The maximum atomic E-state index is 12.0. The number of rotatable bonds is 5. The Morgan fingerprint density at radius 2 is 1.86 bits per heavy atom. The number of aromatic nitrogens is 2. The second kappa shape index (κ2) is 8.22. The first-order valence-electron chi connectivity index (χ1n) is 9.74. The molecule has 2 heterocycles. The summed E-state index contributed by atoms with van der Waals surface area (Å²) in [6.07, 6.45) is 3.22. The van der Waals surface area contributed by atoms with Crippen molar-refractivity contribution in [3.8, 4) is 22.8 Å². The van der Waals surface area contributed by atoms with Gasteiger partial charge in [-0.1, -0.05) is 24.8 Å². The summed E-state index contributed by atoms with van der Waals surface area (Å²) in [7, 11) is 0. The summed E-state index contributed by atoms with van der Waals surface area (Å²) in [6, 6.07) is 19.4. The number of amides is 1. The molecule has 0 bridgehead atoms. The second-order valence-electron chi connectivity index (χ2n) is 7.12. The number of carbonyl (C=O) groups excluding carboxylic acids is 1. The molecule has 4 rings (SSSR count). The third-order valence-corrected chi connectivity index (χ3v) is 5.12. The number of carbonyl (C=O) groups is 1. The zero-order valence-corrected chi connectivity index (χ0v) is 16.2. The van der Waals surface area contributed by atoms with Crippen molar-refractivity contribution in [3.63, 3.8) is 0 Å². The lowest BCUT2D eigenvalue weighted by atomic mass is 10.1. The molecule has 148 valence electrons. The van der Waals surface area contributed by atoms with Crippen LogP contribution in [0.4, 0.5) is 5.82 Å². The highest BCUT2D eigenvalue weighted by Gasteiger charge is 2.25. The molecule has 3 aromatic rings. The number of para-hydroxylation sites is 1. The summed E-state index contributed by atoms with van der Waals surface area (Å²) in [6.45, 7) is 4.93. The van der Waals surface area contributed by atoms with Gasteiger partial charge in [-0.3, -0.25) is 4.79 Å². The summed E-state index contributed by atoms with van der Waals surface area (Å²) in [4.78, 5) is 13.8. The van der Waals surface area contributed by atoms with Crippen LogP contribution in [0.5, 0.6) is 11.5 Å². The van der Waals surface area contributed by atoms with E-state index >= 15 is 0 Å². The van der Waals surface area contributed by atoms with Crippen molar-refractivity contribution in [1.29, 1.82) is 0 Å². The molecule has 6 heteroatoms. The number of likely N-dealkylation sites (tertiary alicyclic amines) is 1. The number of piperidine rings is 1. The molecule has 1 aromatic heterocycles. The van der Waals surface area contributed by atoms with Crippen molar-refractivity contribution in [1.82, 2.24) is 14.7 Å². The zero-order chi connectivity index (χ0) is 20.2. The summed E-state index contributed by atoms with van der Waals surface area (Å²) >= 11 is 0. The normalized spacial score (nSPS) is 16.4. The molecular weight excluding hydrogens is 364 g/mol. The van der Waals surface area contributed by atoms with Gasteiger partial charge in [0.2, 0.25) is 5.91 Å². The van der Waals surface area contributed by atoms with E-state index in [0.717, 1.165) is 42.1 Å². The van der Waals surface area contributed by atoms with Crippen LogP contribution in [-0.4, -0.2) is 33.7 Å². The van der Waals surface area contributed by atoms with Gasteiger partial charge in [-0.15, -0.1) is 0 Å². The SMILES string of the molecule is C=CC(=O)N1CCCC(n2nc(-c3ccc(Oc4ccccc4)cc3)cc2N)C1. The number of nitrogens with two attached hydrogens (primary N) is 1. The van der Waals surface area contributed by atoms with Gasteiger partial charge >= 0.3 is 0 Å². The highest BCUT2D eigenvalue weighted by atomic mass is 16.5. The standard InChI is InChI=1S/C23H24N4O2/c1-2-23(28)26-14-6-7-18(16-26)27-22(24)15-21(25-27)17-10-12-20(13-11-17)29-19-8-4-3-5-9-19/h2-5,8-13,15,18H,1,6-7,14,16,24H2. The predicted octanol–water partition coefficient (Wildman–Crippen LogP) is 4.27. The average molecular weight is 388 g/mol. The molecule has 2 aromatic carbocycles. The van der Waals surface area contributed by atoms with E-state index in [1.165, 1.54) is 6.08 Å². The fourth-order valence-corrected chi connectivity index (χ4v) is 3.64. The molecule has 1 atom stereocenters.